The highest BCUT2D eigenvalue weighted by Crippen LogP contribution is 2.56. The SMILES string of the molecule is CCCCCCCCCCCCC(=O)SCCNC(=O)CCNC(=O)[C@H](O)C(C)(C)COP(=O)([O-])OP(=O)([O-])OC[C@H]1O[C@@H](n2cnc3c(N)ncnc32)C(O)[C@H]1OP(=O)([O-])O.[NH4+].[NH4+].[NH4+]. The molecule has 2 aromatic rings. The summed E-state index contributed by atoms with van der Waals surface area (Å²) < 4.78 is 61.0. The van der Waals surface area contributed by atoms with Crippen LogP contribution in [0.15, 0.2) is 12.7 Å². The van der Waals surface area contributed by atoms with Crippen molar-refractivity contribution in [3.63, 3.8) is 0 Å². The molecule has 0 saturated carbocycles. The number of anilines is 1. The third kappa shape index (κ3) is 22.0. The van der Waals surface area contributed by atoms with E-state index >= 15 is 0 Å². The topological polar surface area (TPSA) is 482 Å². The summed E-state index contributed by atoms with van der Waals surface area (Å²) >= 11 is 1.14. The van der Waals surface area contributed by atoms with E-state index in [0.29, 0.717) is 12.2 Å². The lowest BCUT2D eigenvalue weighted by atomic mass is 9.87. The Morgan fingerprint density at radius 3 is 2.14 bits per heavy atom. The number of aliphatic hydroxyl groups excluding tert-OH is 2. The molecule has 0 radical (unpaired) electrons. The molecule has 2 amide bonds. The molecule has 2 aromatic heterocycles. The van der Waals surface area contributed by atoms with Gasteiger partial charge in [0.2, 0.25) is 11.8 Å². The van der Waals surface area contributed by atoms with Gasteiger partial charge in [-0.15, -0.1) is 0 Å². The molecule has 378 valence electrons. The van der Waals surface area contributed by atoms with Crippen LogP contribution in [0.25, 0.3) is 11.2 Å². The van der Waals surface area contributed by atoms with E-state index in [2.05, 4.69) is 50.4 Å². The molecule has 0 spiro atoms. The van der Waals surface area contributed by atoms with Crippen molar-refractivity contribution in [2.24, 2.45) is 5.41 Å². The summed E-state index contributed by atoms with van der Waals surface area (Å²) in [5.74, 6) is -1.11. The average Bonchev–Trinajstić information content (AvgIpc) is 3.75. The molecule has 3 rings (SSSR count). The Kier molecular flexibility index (Phi) is 28.2. The molecular weight excluding hydrogens is 945 g/mol. The van der Waals surface area contributed by atoms with E-state index in [1.54, 1.807) is 0 Å². The summed E-state index contributed by atoms with van der Waals surface area (Å²) in [6.07, 6.45) is 4.85. The summed E-state index contributed by atoms with van der Waals surface area (Å²) in [6.45, 7) is 2.42. The minimum atomic E-state index is -5.90. The Balaban J connectivity index is 0.0000137. The number of amides is 2. The molecule has 8 atom stereocenters. The van der Waals surface area contributed by atoms with Gasteiger partial charge in [-0.2, -0.15) is 0 Å². The van der Waals surface area contributed by atoms with Gasteiger partial charge in [0.1, 0.15) is 36.3 Å². The number of quaternary nitrogens is 3. The number of nitrogens with zero attached hydrogens (tertiary/aromatic N) is 4. The van der Waals surface area contributed by atoms with E-state index < -0.39 is 84.6 Å². The number of unbranched alkanes of at least 4 members (excludes halogenated alkanes) is 9. The van der Waals surface area contributed by atoms with E-state index in [9.17, 15) is 57.9 Å². The summed E-state index contributed by atoms with van der Waals surface area (Å²) in [6, 6.07) is 0. The van der Waals surface area contributed by atoms with Crippen molar-refractivity contribution in [1.82, 2.24) is 48.6 Å². The van der Waals surface area contributed by atoms with Gasteiger partial charge in [0, 0.05) is 37.1 Å². The lowest BCUT2D eigenvalue weighted by Crippen LogP contribution is -2.46. The number of carbonyl (C=O) groups excluding carboxylic acids is 3. The third-order valence-corrected chi connectivity index (χ3v) is 13.4. The second-order valence-corrected chi connectivity index (χ2v) is 20.4. The Labute approximate surface area is 381 Å². The molecule has 27 nitrogen and oxygen atoms in total. The number of phosphoric acid groups is 3. The summed E-state index contributed by atoms with van der Waals surface area (Å²) in [5.41, 5.74) is 4.13. The lowest BCUT2D eigenvalue weighted by Gasteiger charge is -2.35. The fourth-order valence-electron chi connectivity index (χ4n) is 6.11. The maximum atomic E-state index is 12.6. The van der Waals surface area contributed by atoms with Gasteiger partial charge < -0.3 is 82.9 Å². The van der Waals surface area contributed by atoms with Crippen molar-refractivity contribution in [2.75, 3.05) is 37.8 Å². The second kappa shape index (κ2) is 29.4. The standard InChI is InChI=1S/C34H60N7O17P3S.3H3N/c1-4-5-6-7-8-9-10-11-12-13-14-25(43)62-18-17-36-24(42)15-16-37-32(46)29(45)34(2,3)20-55-61(52,53)58-60(50,51)54-19-23-28(57-59(47,48)49)27(44)33(56-23)41-22-40-26-30(35)38-21-39-31(26)41;;;/h21-23,27-29,33,44-45H,4-20H2,1-3H3,(H,36,42)(H,37,46)(H,50,51)(H,52,53)(H2,35,38,39)(H2,47,48,49);3*1H3/t23-,27?,28+,29+,33-;;;/m1.../s1. The highest BCUT2D eigenvalue weighted by molar-refractivity contribution is 8.13. The van der Waals surface area contributed by atoms with Crippen LogP contribution in [0.5, 0.6) is 0 Å². The number of hydrogen-bond donors (Lipinski definition) is 9. The molecule has 1 aliphatic heterocycles. The monoisotopic (exact) mass is 1010 g/mol. The maximum absolute atomic E-state index is 12.6. The average molecular weight is 1010 g/mol. The van der Waals surface area contributed by atoms with Gasteiger partial charge in [0.25, 0.3) is 23.5 Å². The second-order valence-electron chi connectivity index (χ2n) is 15.2. The number of phosphoric ester groups is 3. The zero-order valence-corrected chi connectivity index (χ0v) is 41.2. The van der Waals surface area contributed by atoms with Crippen molar-refractivity contribution in [3.8, 4) is 0 Å². The zero-order valence-electron chi connectivity index (χ0n) is 37.7. The molecule has 31 heteroatoms. The van der Waals surface area contributed by atoms with Crippen LogP contribution in [0.2, 0.25) is 0 Å². The quantitative estimate of drug-likeness (QED) is 0.0400. The van der Waals surface area contributed by atoms with Crippen LogP contribution in [-0.4, -0.2) is 108 Å². The largest absolute Gasteiger partial charge is 0.756 e. The molecule has 65 heavy (non-hydrogen) atoms. The van der Waals surface area contributed by atoms with E-state index in [4.69, 9.17) is 10.5 Å². The molecule has 0 bridgehead atoms. The molecular formula is C34H69N10O17P3S. The van der Waals surface area contributed by atoms with Crippen LogP contribution in [-0.2, 0) is 50.7 Å². The van der Waals surface area contributed by atoms with E-state index in [1.807, 2.05) is 0 Å². The Bertz CT molecular complexity index is 1920. The van der Waals surface area contributed by atoms with Crippen molar-refractivity contribution in [2.45, 2.75) is 128 Å². The number of nitrogens with two attached hydrogens (primary N) is 1. The fourth-order valence-corrected chi connectivity index (χ4v) is 9.57. The maximum Gasteiger partial charge on any atom is 0.274 e. The van der Waals surface area contributed by atoms with Crippen LogP contribution < -0.4 is 49.5 Å². The van der Waals surface area contributed by atoms with Crippen LogP contribution >= 0.6 is 35.2 Å². The number of ether oxygens (including phenoxy) is 1. The zero-order chi connectivity index (χ0) is 46.1. The number of hydrogen-bond acceptors (Lipinski definition) is 21. The first kappa shape index (κ1) is 62.4. The molecule has 19 N–H and O–H groups in total. The van der Waals surface area contributed by atoms with Gasteiger partial charge >= 0.3 is 0 Å². The van der Waals surface area contributed by atoms with E-state index in [-0.39, 0.29) is 60.1 Å². The number of imidazole rings is 1. The number of aromatic nitrogens is 4. The van der Waals surface area contributed by atoms with Crippen molar-refractivity contribution >= 4 is 69.1 Å². The molecule has 1 aliphatic rings. The number of aliphatic hydroxyl groups is 2. The number of nitrogens with one attached hydrogen (secondary N) is 2. The minimum absolute atomic E-state index is 0. The molecule has 0 aliphatic carbocycles. The van der Waals surface area contributed by atoms with Gasteiger partial charge in [-0.3, -0.25) is 32.6 Å². The van der Waals surface area contributed by atoms with Crippen molar-refractivity contribution < 1.29 is 80.5 Å². The molecule has 0 aromatic carbocycles. The molecule has 3 heterocycles. The molecule has 4 unspecified atom stereocenters. The minimum Gasteiger partial charge on any atom is -0.756 e. The normalized spacial score (nSPS) is 20.5. The van der Waals surface area contributed by atoms with Gasteiger partial charge in [-0.25, -0.2) is 19.3 Å². The van der Waals surface area contributed by atoms with Crippen molar-refractivity contribution in [3.05, 3.63) is 12.7 Å². The van der Waals surface area contributed by atoms with Gasteiger partial charge in [0.05, 0.1) is 19.5 Å². The summed E-state index contributed by atoms with van der Waals surface area (Å²) in [5, 5.41) is 26.5. The third-order valence-electron chi connectivity index (χ3n) is 9.48. The predicted molar refractivity (Wildman–Crippen MR) is 235 cm³/mol. The highest BCUT2D eigenvalue weighted by atomic mass is 32.2. The van der Waals surface area contributed by atoms with Crippen LogP contribution in [0.3, 0.4) is 0 Å². The fraction of sp³-hybridized carbons (Fsp3) is 0.765. The van der Waals surface area contributed by atoms with Gasteiger partial charge in [0.15, 0.2) is 22.8 Å². The van der Waals surface area contributed by atoms with E-state index in [1.165, 1.54) is 58.8 Å². The van der Waals surface area contributed by atoms with Gasteiger partial charge in [-0.1, -0.05) is 90.3 Å². The number of nitrogen functional groups attached to an aromatic ring is 1. The highest BCUT2D eigenvalue weighted by Gasteiger charge is 2.48. The van der Waals surface area contributed by atoms with Crippen molar-refractivity contribution in [1.29, 1.82) is 0 Å². The Morgan fingerprint density at radius 1 is 0.923 bits per heavy atom. The first-order chi connectivity index (χ1) is 29.1. The molecule has 1 saturated heterocycles. The summed E-state index contributed by atoms with van der Waals surface area (Å²) in [7, 11) is -17.3. The number of thioether (sulfide) groups is 1. The summed E-state index contributed by atoms with van der Waals surface area (Å²) in [4.78, 5) is 94.6. The van der Waals surface area contributed by atoms with Crippen LogP contribution in [0.1, 0.15) is 104 Å². The van der Waals surface area contributed by atoms with Crippen LogP contribution in [0.4, 0.5) is 5.82 Å². The first-order valence-electron chi connectivity index (χ1n) is 20.0. The Hall–Kier alpha value is -2.56. The predicted octanol–water partition coefficient (Wildman–Crippen LogP) is 2.21. The lowest BCUT2D eigenvalue weighted by molar-refractivity contribution is -0.247. The Morgan fingerprint density at radius 2 is 1.52 bits per heavy atom. The van der Waals surface area contributed by atoms with E-state index in [0.717, 1.165) is 48.2 Å². The smallest absolute Gasteiger partial charge is 0.274 e. The van der Waals surface area contributed by atoms with Gasteiger partial charge in [-0.05, 0) is 6.42 Å². The van der Waals surface area contributed by atoms with Crippen LogP contribution in [0, 0.1) is 5.41 Å². The number of rotatable bonds is 30. The number of carbonyl (C=O) groups is 3. The first-order valence-corrected chi connectivity index (χ1v) is 25.5. The molecule has 1 fully saturated rings. The number of fused-ring (bicyclic) bond motifs is 1.